The third kappa shape index (κ3) is 2.61. The molecule has 0 saturated heterocycles. The number of nitrogens with two attached hydrogens (primary N) is 1. The molecule has 3 aromatic rings. The first-order chi connectivity index (χ1) is 10.2. The smallest absolute Gasteiger partial charge is 0.275 e. The number of nitrogens with one attached hydrogen (secondary N) is 1. The van der Waals surface area contributed by atoms with Crippen molar-refractivity contribution >= 4 is 22.6 Å². The van der Waals surface area contributed by atoms with Gasteiger partial charge < -0.3 is 11.1 Å². The second kappa shape index (κ2) is 5.34. The number of aromatic nitrogens is 3. The lowest BCUT2D eigenvalue weighted by molar-refractivity contribution is 0.102. The first-order valence-corrected chi connectivity index (χ1v) is 6.57. The van der Waals surface area contributed by atoms with Crippen LogP contribution in [-0.2, 0) is 13.6 Å². The van der Waals surface area contributed by atoms with Crippen LogP contribution < -0.4 is 11.1 Å². The second-order valence-corrected chi connectivity index (χ2v) is 4.72. The third-order valence-corrected chi connectivity index (χ3v) is 3.19. The lowest BCUT2D eigenvalue weighted by atomic mass is 10.2. The first kappa shape index (κ1) is 13.3. The number of amides is 1. The summed E-state index contributed by atoms with van der Waals surface area (Å²) in [5.74, 6) is 0.175. The summed E-state index contributed by atoms with van der Waals surface area (Å²) >= 11 is 0. The van der Waals surface area contributed by atoms with E-state index in [1.165, 1.54) is 0 Å². The van der Waals surface area contributed by atoms with Crippen molar-refractivity contribution in [1.29, 1.82) is 0 Å². The summed E-state index contributed by atoms with van der Waals surface area (Å²) in [4.78, 5) is 16.6. The fourth-order valence-electron chi connectivity index (χ4n) is 2.16. The molecule has 3 rings (SSSR count). The van der Waals surface area contributed by atoms with E-state index < -0.39 is 0 Å². The number of fused-ring (bicyclic) bond motifs is 1. The molecule has 0 radical (unpaired) electrons. The monoisotopic (exact) mass is 281 g/mol. The van der Waals surface area contributed by atoms with Crippen LogP contribution in [0.3, 0.4) is 0 Å². The summed E-state index contributed by atoms with van der Waals surface area (Å²) < 4.78 is 1.62. The Labute approximate surface area is 121 Å². The van der Waals surface area contributed by atoms with Crippen LogP contribution in [0.15, 0.2) is 42.6 Å². The molecule has 0 fully saturated rings. The predicted octanol–water partition coefficient (Wildman–Crippen LogP) is 1.68. The molecule has 1 amide bonds. The van der Waals surface area contributed by atoms with Crippen molar-refractivity contribution in [2.75, 3.05) is 5.32 Å². The maximum absolute atomic E-state index is 12.3. The zero-order valence-corrected chi connectivity index (χ0v) is 11.6. The second-order valence-electron chi connectivity index (χ2n) is 4.72. The Balaban J connectivity index is 1.89. The minimum Gasteiger partial charge on any atom is -0.326 e. The van der Waals surface area contributed by atoms with Gasteiger partial charge in [0.1, 0.15) is 5.69 Å². The molecule has 21 heavy (non-hydrogen) atoms. The highest BCUT2D eigenvalue weighted by atomic mass is 16.2. The molecule has 0 saturated carbocycles. The van der Waals surface area contributed by atoms with Gasteiger partial charge in [0.2, 0.25) is 0 Å². The Bertz CT molecular complexity index is 809. The van der Waals surface area contributed by atoms with E-state index in [-0.39, 0.29) is 5.91 Å². The summed E-state index contributed by atoms with van der Waals surface area (Å²) in [5.41, 5.74) is 7.55. The van der Waals surface area contributed by atoms with Crippen LogP contribution in [0.4, 0.5) is 5.82 Å². The van der Waals surface area contributed by atoms with Crippen molar-refractivity contribution in [3.05, 3.63) is 53.9 Å². The van der Waals surface area contributed by atoms with E-state index >= 15 is 0 Å². The highest BCUT2D eigenvalue weighted by Crippen LogP contribution is 2.15. The van der Waals surface area contributed by atoms with Crippen LogP contribution in [0, 0.1) is 0 Å². The number of carbonyl (C=O) groups is 1. The summed E-state index contributed by atoms with van der Waals surface area (Å²) in [6.07, 6.45) is 1.78. The molecule has 0 aliphatic heterocycles. The Morgan fingerprint density at radius 1 is 1.29 bits per heavy atom. The molecular formula is C15H15N5O. The van der Waals surface area contributed by atoms with Crippen LogP contribution in [-0.4, -0.2) is 20.7 Å². The number of rotatable bonds is 3. The maximum atomic E-state index is 12.3. The quantitative estimate of drug-likeness (QED) is 0.764. The van der Waals surface area contributed by atoms with Crippen molar-refractivity contribution in [2.45, 2.75) is 6.54 Å². The lowest BCUT2D eigenvalue weighted by Gasteiger charge is -2.04. The van der Waals surface area contributed by atoms with E-state index in [2.05, 4.69) is 15.4 Å². The number of anilines is 1. The van der Waals surface area contributed by atoms with Crippen LogP contribution in [0.1, 0.15) is 16.1 Å². The minimum atomic E-state index is -0.297. The average molecular weight is 281 g/mol. The molecule has 0 bridgehead atoms. The molecular weight excluding hydrogens is 266 g/mol. The molecule has 3 N–H and O–H groups in total. The molecule has 0 aliphatic rings. The Kier molecular flexibility index (Phi) is 3.37. The molecule has 0 spiro atoms. The van der Waals surface area contributed by atoms with Crippen molar-refractivity contribution < 1.29 is 4.79 Å². The van der Waals surface area contributed by atoms with Crippen molar-refractivity contribution in [3.63, 3.8) is 0 Å². The molecule has 0 atom stereocenters. The number of carbonyl (C=O) groups excluding carboxylic acids is 1. The van der Waals surface area contributed by atoms with Gasteiger partial charge in [-0.3, -0.25) is 9.48 Å². The van der Waals surface area contributed by atoms with Crippen LogP contribution in [0.5, 0.6) is 0 Å². The summed E-state index contributed by atoms with van der Waals surface area (Å²) in [6, 6.07) is 11.2. The summed E-state index contributed by atoms with van der Waals surface area (Å²) in [7, 11) is 1.78. The van der Waals surface area contributed by atoms with E-state index in [1.54, 1.807) is 24.0 Å². The SMILES string of the molecule is Cn1cc(CN)c(NC(=O)c2ccc3ccccc3n2)n1. The minimum absolute atomic E-state index is 0.297. The zero-order valence-electron chi connectivity index (χ0n) is 11.6. The topological polar surface area (TPSA) is 85.8 Å². The van der Waals surface area contributed by atoms with Crippen LogP contribution in [0.2, 0.25) is 0 Å². The Morgan fingerprint density at radius 2 is 2.10 bits per heavy atom. The zero-order chi connectivity index (χ0) is 14.8. The fraction of sp³-hybridized carbons (Fsp3) is 0.133. The number of aryl methyl sites for hydroxylation is 1. The molecule has 106 valence electrons. The first-order valence-electron chi connectivity index (χ1n) is 6.57. The number of nitrogens with zero attached hydrogens (tertiary/aromatic N) is 3. The largest absolute Gasteiger partial charge is 0.326 e. The summed E-state index contributed by atoms with van der Waals surface area (Å²) in [5, 5.41) is 7.93. The number of para-hydroxylation sites is 1. The highest BCUT2D eigenvalue weighted by molar-refractivity contribution is 6.03. The maximum Gasteiger partial charge on any atom is 0.275 e. The van der Waals surface area contributed by atoms with Gasteiger partial charge in [0.05, 0.1) is 5.52 Å². The molecule has 2 heterocycles. The molecule has 2 aromatic heterocycles. The normalized spacial score (nSPS) is 10.8. The van der Waals surface area contributed by atoms with Gasteiger partial charge in [-0.2, -0.15) is 5.10 Å². The number of pyridine rings is 1. The predicted molar refractivity (Wildman–Crippen MR) is 80.8 cm³/mol. The van der Waals surface area contributed by atoms with E-state index in [0.717, 1.165) is 16.5 Å². The van der Waals surface area contributed by atoms with Crippen molar-refractivity contribution in [2.24, 2.45) is 12.8 Å². The van der Waals surface area contributed by atoms with E-state index in [0.29, 0.717) is 18.1 Å². The van der Waals surface area contributed by atoms with E-state index in [1.807, 2.05) is 30.3 Å². The number of hydrogen-bond donors (Lipinski definition) is 2. The molecule has 0 unspecified atom stereocenters. The van der Waals surface area contributed by atoms with Crippen LogP contribution in [0.25, 0.3) is 10.9 Å². The standard InChI is InChI=1S/C15H15N5O/c1-20-9-11(8-16)14(19-20)18-15(21)13-7-6-10-4-2-3-5-12(10)17-13/h2-7,9H,8,16H2,1H3,(H,18,19,21). The Hall–Kier alpha value is -2.73. The Morgan fingerprint density at radius 3 is 2.90 bits per heavy atom. The van der Waals surface area contributed by atoms with Gasteiger partial charge in [-0.1, -0.05) is 24.3 Å². The van der Waals surface area contributed by atoms with Gasteiger partial charge in [0.25, 0.3) is 5.91 Å². The van der Waals surface area contributed by atoms with E-state index in [4.69, 9.17) is 5.73 Å². The number of benzene rings is 1. The summed E-state index contributed by atoms with van der Waals surface area (Å²) in [6.45, 7) is 0.314. The molecule has 0 aliphatic carbocycles. The average Bonchev–Trinajstić information content (AvgIpc) is 2.86. The van der Waals surface area contributed by atoms with Crippen LogP contribution >= 0.6 is 0 Å². The van der Waals surface area contributed by atoms with Gasteiger partial charge in [0, 0.05) is 30.7 Å². The van der Waals surface area contributed by atoms with Gasteiger partial charge in [0.15, 0.2) is 5.82 Å². The number of hydrogen-bond acceptors (Lipinski definition) is 4. The fourth-order valence-corrected chi connectivity index (χ4v) is 2.16. The van der Waals surface area contributed by atoms with Gasteiger partial charge >= 0.3 is 0 Å². The molecule has 6 heteroatoms. The molecule has 1 aromatic carbocycles. The molecule has 6 nitrogen and oxygen atoms in total. The third-order valence-electron chi connectivity index (χ3n) is 3.19. The van der Waals surface area contributed by atoms with Crippen molar-refractivity contribution in [3.8, 4) is 0 Å². The van der Waals surface area contributed by atoms with Gasteiger partial charge in [-0.15, -0.1) is 0 Å². The lowest BCUT2D eigenvalue weighted by Crippen LogP contribution is -2.15. The van der Waals surface area contributed by atoms with Crippen molar-refractivity contribution in [1.82, 2.24) is 14.8 Å². The highest BCUT2D eigenvalue weighted by Gasteiger charge is 2.13. The van der Waals surface area contributed by atoms with E-state index in [9.17, 15) is 4.79 Å². The van der Waals surface area contributed by atoms with Gasteiger partial charge in [-0.25, -0.2) is 4.98 Å². The van der Waals surface area contributed by atoms with Gasteiger partial charge in [-0.05, 0) is 12.1 Å².